The van der Waals surface area contributed by atoms with Gasteiger partial charge in [-0.3, -0.25) is 4.79 Å². The second kappa shape index (κ2) is 6.26. The lowest BCUT2D eigenvalue weighted by molar-refractivity contribution is 0.0446. The summed E-state index contributed by atoms with van der Waals surface area (Å²) in [5.74, 6) is -0.104. The van der Waals surface area contributed by atoms with E-state index in [2.05, 4.69) is 0 Å². The van der Waals surface area contributed by atoms with Gasteiger partial charge in [0.25, 0.3) is 0 Å². The highest BCUT2D eigenvalue weighted by molar-refractivity contribution is 7.12. The van der Waals surface area contributed by atoms with Gasteiger partial charge >= 0.3 is 5.97 Å². The number of fused-ring (bicyclic) bond motifs is 1. The number of thiophene rings is 1. The normalized spacial score (nSPS) is 10.7. The fourth-order valence-corrected chi connectivity index (χ4v) is 2.88. The van der Waals surface area contributed by atoms with Gasteiger partial charge in [-0.25, -0.2) is 4.79 Å². The lowest BCUT2D eigenvalue weighted by Crippen LogP contribution is -2.13. The van der Waals surface area contributed by atoms with E-state index in [-0.39, 0.29) is 18.2 Å². The third-order valence-corrected chi connectivity index (χ3v) is 4.37. The van der Waals surface area contributed by atoms with Crippen molar-refractivity contribution >= 4 is 34.1 Å². The molecular formula is C17H14O5S. The summed E-state index contributed by atoms with van der Waals surface area (Å²) < 4.78 is 15.8. The largest absolute Gasteiger partial charge is 0.497 e. The lowest BCUT2D eigenvalue weighted by Gasteiger charge is -2.01. The second-order valence-electron chi connectivity index (χ2n) is 4.89. The van der Waals surface area contributed by atoms with Crippen LogP contribution in [0.5, 0.6) is 5.75 Å². The van der Waals surface area contributed by atoms with E-state index in [1.807, 2.05) is 0 Å². The van der Waals surface area contributed by atoms with Crippen molar-refractivity contribution in [3.8, 4) is 5.75 Å². The molecule has 2 heterocycles. The molecule has 0 aliphatic carbocycles. The molecule has 5 nitrogen and oxygen atoms in total. The molecule has 0 N–H and O–H groups in total. The van der Waals surface area contributed by atoms with Gasteiger partial charge in [0, 0.05) is 10.9 Å². The van der Waals surface area contributed by atoms with Crippen LogP contribution in [0.4, 0.5) is 0 Å². The predicted octanol–water partition coefficient (Wildman–Crippen LogP) is 3.85. The number of benzene rings is 1. The highest BCUT2D eigenvalue weighted by Crippen LogP contribution is 2.29. The van der Waals surface area contributed by atoms with Crippen LogP contribution in [-0.4, -0.2) is 25.5 Å². The summed E-state index contributed by atoms with van der Waals surface area (Å²) in [7, 11) is 1.57. The molecule has 0 saturated carbocycles. The number of Topliss-reactive ketones (excluding diaryl/α,β-unsaturated/α-hetero) is 1. The first-order valence-corrected chi connectivity index (χ1v) is 7.79. The van der Waals surface area contributed by atoms with Gasteiger partial charge in [0.05, 0.1) is 12.0 Å². The Kier molecular flexibility index (Phi) is 4.16. The molecular weight excluding hydrogens is 316 g/mol. The molecule has 0 aliphatic rings. The molecule has 1 aromatic carbocycles. The number of hydrogen-bond acceptors (Lipinski definition) is 6. The van der Waals surface area contributed by atoms with Gasteiger partial charge in [0.1, 0.15) is 11.3 Å². The van der Waals surface area contributed by atoms with Gasteiger partial charge in [-0.1, -0.05) is 6.07 Å². The molecule has 0 unspecified atom stereocenters. The van der Waals surface area contributed by atoms with Gasteiger partial charge in [-0.15, -0.1) is 11.3 Å². The molecule has 0 atom stereocenters. The summed E-state index contributed by atoms with van der Waals surface area (Å²) >= 11 is 1.31. The molecule has 0 saturated heterocycles. The monoisotopic (exact) mass is 330 g/mol. The van der Waals surface area contributed by atoms with Gasteiger partial charge < -0.3 is 13.9 Å². The third kappa shape index (κ3) is 2.98. The van der Waals surface area contributed by atoms with Crippen molar-refractivity contribution in [3.05, 3.63) is 51.9 Å². The fraction of sp³-hybridized carbons (Fsp3) is 0.176. The zero-order valence-electron chi connectivity index (χ0n) is 12.6. The Morgan fingerprint density at radius 3 is 2.78 bits per heavy atom. The average Bonchev–Trinajstić information content (AvgIpc) is 3.20. The summed E-state index contributed by atoms with van der Waals surface area (Å²) in [4.78, 5) is 24.6. The fourth-order valence-electron chi connectivity index (χ4n) is 2.23. The second-order valence-corrected chi connectivity index (χ2v) is 5.84. The number of ketones is 1. The zero-order chi connectivity index (χ0) is 16.4. The summed E-state index contributed by atoms with van der Waals surface area (Å²) in [6, 6.07) is 8.74. The SMILES string of the molecule is COc1ccc2oc(C(=O)OCC(=O)c3cccs3)c(C)c2c1. The van der Waals surface area contributed by atoms with E-state index in [9.17, 15) is 9.59 Å². The van der Waals surface area contributed by atoms with Crippen LogP contribution in [0.2, 0.25) is 0 Å². The van der Waals surface area contributed by atoms with Gasteiger partial charge in [-0.05, 0) is 36.6 Å². The molecule has 3 aromatic rings. The number of aryl methyl sites for hydroxylation is 1. The van der Waals surface area contributed by atoms with Crippen molar-refractivity contribution in [2.24, 2.45) is 0 Å². The number of carbonyl (C=O) groups is 2. The number of ether oxygens (including phenoxy) is 2. The molecule has 2 aromatic heterocycles. The predicted molar refractivity (Wildman–Crippen MR) is 86.4 cm³/mol. The van der Waals surface area contributed by atoms with E-state index >= 15 is 0 Å². The van der Waals surface area contributed by atoms with Crippen molar-refractivity contribution in [2.75, 3.05) is 13.7 Å². The third-order valence-electron chi connectivity index (χ3n) is 3.46. The molecule has 118 valence electrons. The van der Waals surface area contributed by atoms with Crippen molar-refractivity contribution in [1.82, 2.24) is 0 Å². The Hall–Kier alpha value is -2.60. The molecule has 23 heavy (non-hydrogen) atoms. The number of hydrogen-bond donors (Lipinski definition) is 0. The van der Waals surface area contributed by atoms with Crippen molar-refractivity contribution in [2.45, 2.75) is 6.92 Å². The summed E-state index contributed by atoms with van der Waals surface area (Å²) in [6.45, 7) is 1.46. The van der Waals surface area contributed by atoms with E-state index in [0.29, 0.717) is 21.8 Å². The maximum absolute atomic E-state index is 12.2. The standard InChI is InChI=1S/C17H14O5S/c1-10-12-8-11(20-2)5-6-14(12)22-16(10)17(19)21-9-13(18)15-4-3-7-23-15/h3-8H,9H2,1-2H3. The number of esters is 1. The molecule has 0 bridgehead atoms. The van der Waals surface area contributed by atoms with Crippen molar-refractivity contribution in [1.29, 1.82) is 0 Å². The van der Waals surface area contributed by atoms with Crippen LogP contribution >= 0.6 is 11.3 Å². The van der Waals surface area contributed by atoms with Gasteiger partial charge in [-0.2, -0.15) is 0 Å². The Labute approximate surface area is 136 Å². The minimum absolute atomic E-state index is 0.104. The topological polar surface area (TPSA) is 65.7 Å². The van der Waals surface area contributed by atoms with Crippen molar-refractivity contribution in [3.63, 3.8) is 0 Å². The number of carbonyl (C=O) groups excluding carboxylic acids is 2. The molecule has 0 radical (unpaired) electrons. The van der Waals surface area contributed by atoms with Crippen molar-refractivity contribution < 1.29 is 23.5 Å². The highest BCUT2D eigenvalue weighted by atomic mass is 32.1. The van der Waals surface area contributed by atoms with E-state index in [0.717, 1.165) is 5.39 Å². The molecule has 0 spiro atoms. The summed E-state index contributed by atoms with van der Waals surface area (Å²) in [5, 5.41) is 2.58. The minimum atomic E-state index is -0.650. The van der Waals surface area contributed by atoms with E-state index in [1.54, 1.807) is 49.7 Å². The molecule has 6 heteroatoms. The number of furan rings is 1. The van der Waals surface area contributed by atoms with Crippen LogP contribution in [0.3, 0.4) is 0 Å². The van der Waals surface area contributed by atoms with E-state index in [4.69, 9.17) is 13.9 Å². The Morgan fingerprint density at radius 2 is 2.09 bits per heavy atom. The van der Waals surface area contributed by atoms with Crippen LogP contribution in [0.15, 0.2) is 40.1 Å². The smallest absolute Gasteiger partial charge is 0.375 e. The van der Waals surface area contributed by atoms with Crippen LogP contribution in [0.25, 0.3) is 11.0 Å². The zero-order valence-corrected chi connectivity index (χ0v) is 13.4. The maximum atomic E-state index is 12.2. The number of methoxy groups -OCH3 is 1. The first-order valence-electron chi connectivity index (χ1n) is 6.91. The minimum Gasteiger partial charge on any atom is -0.497 e. The molecule has 3 rings (SSSR count). The lowest BCUT2D eigenvalue weighted by atomic mass is 10.1. The van der Waals surface area contributed by atoms with E-state index < -0.39 is 5.97 Å². The molecule has 0 aliphatic heterocycles. The van der Waals surface area contributed by atoms with Crippen LogP contribution in [0, 0.1) is 6.92 Å². The van der Waals surface area contributed by atoms with Gasteiger partial charge in [0.2, 0.25) is 11.5 Å². The summed E-state index contributed by atoms with van der Waals surface area (Å²) in [6.07, 6.45) is 0. The molecule has 0 fully saturated rings. The quantitative estimate of drug-likeness (QED) is 0.525. The van der Waals surface area contributed by atoms with Gasteiger partial charge in [0.15, 0.2) is 6.61 Å². The summed E-state index contributed by atoms with van der Waals surface area (Å²) in [5.41, 5.74) is 1.23. The molecule has 0 amide bonds. The Morgan fingerprint density at radius 1 is 1.26 bits per heavy atom. The average molecular weight is 330 g/mol. The van der Waals surface area contributed by atoms with Crippen LogP contribution in [-0.2, 0) is 4.74 Å². The Balaban J connectivity index is 1.78. The van der Waals surface area contributed by atoms with E-state index in [1.165, 1.54) is 11.3 Å². The van der Waals surface area contributed by atoms with Crippen LogP contribution < -0.4 is 4.74 Å². The first kappa shape index (κ1) is 15.3. The Bertz CT molecular complexity index is 861. The maximum Gasteiger partial charge on any atom is 0.375 e. The number of rotatable bonds is 5. The first-order chi connectivity index (χ1) is 11.1. The van der Waals surface area contributed by atoms with Crippen LogP contribution in [0.1, 0.15) is 25.8 Å². The highest BCUT2D eigenvalue weighted by Gasteiger charge is 2.20.